The number of ether oxygens (including phenoxy) is 2. The van der Waals surface area contributed by atoms with Crippen molar-refractivity contribution in [3.8, 4) is 11.5 Å². The van der Waals surface area contributed by atoms with Gasteiger partial charge in [-0.05, 0) is 42.4 Å². The molecule has 0 radical (unpaired) electrons. The van der Waals surface area contributed by atoms with Gasteiger partial charge in [-0.25, -0.2) is 0 Å². The summed E-state index contributed by atoms with van der Waals surface area (Å²) in [6, 6.07) is 6.22. The molecule has 0 aromatic heterocycles. The number of carbonyl (C=O) groups excluding carboxylic acids is 1. The molecule has 29 heavy (non-hydrogen) atoms. The Hall–Kier alpha value is -1.79. The van der Waals surface area contributed by atoms with Crippen LogP contribution in [0.1, 0.15) is 37.7 Å². The van der Waals surface area contributed by atoms with Crippen molar-refractivity contribution in [1.82, 2.24) is 14.7 Å². The lowest BCUT2D eigenvalue weighted by molar-refractivity contribution is -0.136. The third kappa shape index (κ3) is 4.38. The molecule has 3 aliphatic heterocycles. The van der Waals surface area contributed by atoms with Crippen molar-refractivity contribution in [2.24, 2.45) is 11.8 Å². The van der Waals surface area contributed by atoms with Gasteiger partial charge in [0.2, 0.25) is 12.7 Å². The van der Waals surface area contributed by atoms with Crippen LogP contribution in [0.4, 0.5) is 0 Å². The predicted octanol–water partition coefficient (Wildman–Crippen LogP) is 2.57. The molecule has 2 saturated heterocycles. The summed E-state index contributed by atoms with van der Waals surface area (Å²) in [5, 5.41) is 0. The number of carbonyl (C=O) groups is 1. The van der Waals surface area contributed by atoms with Gasteiger partial charge in [-0.1, -0.05) is 25.3 Å². The Morgan fingerprint density at radius 3 is 2.52 bits per heavy atom. The van der Waals surface area contributed by atoms with Crippen molar-refractivity contribution in [1.29, 1.82) is 0 Å². The summed E-state index contributed by atoms with van der Waals surface area (Å²) in [6.07, 6.45) is 6.69. The third-order valence-electron chi connectivity index (χ3n) is 7.31. The Labute approximate surface area is 173 Å². The van der Waals surface area contributed by atoms with Crippen LogP contribution in [0.2, 0.25) is 0 Å². The van der Waals surface area contributed by atoms with Crippen LogP contribution in [0.5, 0.6) is 11.5 Å². The van der Waals surface area contributed by atoms with Gasteiger partial charge in [-0.2, -0.15) is 0 Å². The molecule has 4 aliphatic rings. The molecule has 1 amide bonds. The van der Waals surface area contributed by atoms with E-state index in [1.54, 1.807) is 0 Å². The maximum Gasteiger partial charge on any atom is 0.236 e. The van der Waals surface area contributed by atoms with Crippen LogP contribution in [0.3, 0.4) is 0 Å². The Kier molecular flexibility index (Phi) is 5.64. The lowest BCUT2D eigenvalue weighted by Crippen LogP contribution is -2.52. The van der Waals surface area contributed by atoms with Crippen LogP contribution in [0.25, 0.3) is 0 Å². The van der Waals surface area contributed by atoms with E-state index in [1.807, 2.05) is 6.07 Å². The smallest absolute Gasteiger partial charge is 0.236 e. The number of piperazine rings is 1. The highest BCUT2D eigenvalue weighted by Crippen LogP contribution is 2.36. The number of piperidine rings is 1. The molecule has 1 saturated carbocycles. The molecule has 3 heterocycles. The second kappa shape index (κ2) is 8.52. The van der Waals surface area contributed by atoms with E-state index in [4.69, 9.17) is 9.47 Å². The van der Waals surface area contributed by atoms with E-state index in [9.17, 15) is 4.79 Å². The number of nitrogens with zero attached hydrogens (tertiary/aromatic N) is 3. The van der Waals surface area contributed by atoms with E-state index in [-0.39, 0.29) is 0 Å². The number of benzene rings is 1. The van der Waals surface area contributed by atoms with E-state index >= 15 is 0 Å². The summed E-state index contributed by atoms with van der Waals surface area (Å²) >= 11 is 0. The second-order valence-electron chi connectivity index (χ2n) is 9.17. The Morgan fingerprint density at radius 1 is 0.897 bits per heavy atom. The van der Waals surface area contributed by atoms with Crippen molar-refractivity contribution in [3.63, 3.8) is 0 Å². The molecule has 1 aliphatic carbocycles. The molecule has 0 bridgehead atoms. The average Bonchev–Trinajstić information content (AvgIpc) is 3.23. The Morgan fingerprint density at radius 2 is 1.66 bits per heavy atom. The van der Waals surface area contributed by atoms with Crippen molar-refractivity contribution in [2.45, 2.75) is 38.6 Å². The third-order valence-corrected chi connectivity index (χ3v) is 7.31. The first-order valence-corrected chi connectivity index (χ1v) is 11.4. The normalized spacial score (nSPS) is 27.7. The number of amides is 1. The predicted molar refractivity (Wildman–Crippen MR) is 111 cm³/mol. The second-order valence-corrected chi connectivity index (χ2v) is 9.17. The maximum absolute atomic E-state index is 12.9. The first-order chi connectivity index (χ1) is 14.2. The molecule has 158 valence electrons. The van der Waals surface area contributed by atoms with Crippen molar-refractivity contribution < 1.29 is 14.3 Å². The monoisotopic (exact) mass is 399 g/mol. The van der Waals surface area contributed by atoms with Gasteiger partial charge in [0.1, 0.15) is 0 Å². The average molecular weight is 400 g/mol. The van der Waals surface area contributed by atoms with Gasteiger partial charge in [0, 0.05) is 45.8 Å². The molecule has 0 N–H and O–H groups in total. The van der Waals surface area contributed by atoms with Crippen molar-refractivity contribution in [3.05, 3.63) is 23.8 Å². The Balaban J connectivity index is 1.07. The van der Waals surface area contributed by atoms with Gasteiger partial charge in [-0.3, -0.25) is 14.6 Å². The molecule has 3 fully saturated rings. The number of fused-ring (bicyclic) bond motifs is 2. The summed E-state index contributed by atoms with van der Waals surface area (Å²) in [7, 11) is 0. The highest BCUT2D eigenvalue weighted by atomic mass is 16.7. The van der Waals surface area contributed by atoms with Crippen LogP contribution < -0.4 is 9.47 Å². The molecule has 6 nitrogen and oxygen atoms in total. The standard InChI is InChI=1S/C23H33N3O3/c27-23(26-8-7-19-3-1-2-4-20(19)15-26)16-25-11-9-24(10-12-25)14-18-5-6-21-22(13-18)29-17-28-21/h5-6,13,19-20H,1-4,7-12,14-17H2/t19-,20+/m0/s1. The molecule has 1 aromatic rings. The highest BCUT2D eigenvalue weighted by Gasteiger charge is 2.33. The molecule has 6 heteroatoms. The zero-order chi connectivity index (χ0) is 19.6. The fraction of sp³-hybridized carbons (Fsp3) is 0.696. The van der Waals surface area contributed by atoms with Gasteiger partial charge in [0.25, 0.3) is 0 Å². The first-order valence-electron chi connectivity index (χ1n) is 11.4. The highest BCUT2D eigenvalue weighted by molar-refractivity contribution is 5.78. The molecular formula is C23H33N3O3. The summed E-state index contributed by atoms with van der Waals surface area (Å²) in [6.45, 7) is 7.77. The van der Waals surface area contributed by atoms with Crippen LogP contribution in [0.15, 0.2) is 18.2 Å². The lowest BCUT2D eigenvalue weighted by atomic mass is 9.75. The Bertz CT molecular complexity index is 732. The maximum atomic E-state index is 12.9. The molecule has 5 rings (SSSR count). The SMILES string of the molecule is O=C(CN1CCN(Cc2ccc3c(c2)OCO3)CC1)N1CC[C@@H]2CCCC[C@@H]2C1. The van der Waals surface area contributed by atoms with Gasteiger partial charge in [0.15, 0.2) is 11.5 Å². The molecular weight excluding hydrogens is 366 g/mol. The largest absolute Gasteiger partial charge is 0.454 e. The van der Waals surface area contributed by atoms with E-state index in [2.05, 4.69) is 26.8 Å². The molecule has 0 spiro atoms. The number of hydrogen-bond donors (Lipinski definition) is 0. The van der Waals surface area contributed by atoms with Gasteiger partial charge in [-0.15, -0.1) is 0 Å². The van der Waals surface area contributed by atoms with Crippen LogP contribution in [-0.4, -0.2) is 73.2 Å². The first kappa shape index (κ1) is 19.2. The van der Waals surface area contributed by atoms with Crippen LogP contribution in [0, 0.1) is 11.8 Å². The minimum atomic E-state index is 0.323. The van der Waals surface area contributed by atoms with Gasteiger partial charge < -0.3 is 14.4 Å². The summed E-state index contributed by atoms with van der Waals surface area (Å²) < 4.78 is 10.9. The fourth-order valence-corrected chi connectivity index (χ4v) is 5.52. The zero-order valence-corrected chi connectivity index (χ0v) is 17.4. The molecule has 2 atom stereocenters. The van der Waals surface area contributed by atoms with E-state index in [1.165, 1.54) is 37.7 Å². The van der Waals surface area contributed by atoms with Crippen molar-refractivity contribution in [2.75, 3.05) is 52.6 Å². The van der Waals surface area contributed by atoms with Crippen LogP contribution >= 0.6 is 0 Å². The van der Waals surface area contributed by atoms with Crippen LogP contribution in [-0.2, 0) is 11.3 Å². The zero-order valence-electron chi connectivity index (χ0n) is 17.4. The topological polar surface area (TPSA) is 45.3 Å². The van der Waals surface area contributed by atoms with Gasteiger partial charge >= 0.3 is 0 Å². The van der Waals surface area contributed by atoms with Gasteiger partial charge in [0.05, 0.1) is 6.54 Å². The number of rotatable bonds is 4. The van der Waals surface area contributed by atoms with E-state index in [0.717, 1.165) is 69.1 Å². The number of hydrogen-bond acceptors (Lipinski definition) is 5. The van der Waals surface area contributed by atoms with Crippen molar-refractivity contribution >= 4 is 5.91 Å². The summed E-state index contributed by atoms with van der Waals surface area (Å²) in [4.78, 5) is 19.8. The minimum Gasteiger partial charge on any atom is -0.454 e. The number of likely N-dealkylation sites (tertiary alicyclic amines) is 1. The summed E-state index contributed by atoms with van der Waals surface area (Å²) in [5.41, 5.74) is 1.26. The quantitative estimate of drug-likeness (QED) is 0.779. The molecule has 1 aromatic carbocycles. The minimum absolute atomic E-state index is 0.323. The fourth-order valence-electron chi connectivity index (χ4n) is 5.52. The molecule has 0 unspecified atom stereocenters. The lowest BCUT2D eigenvalue weighted by Gasteiger charge is -2.42. The summed E-state index contributed by atoms with van der Waals surface area (Å²) in [5.74, 6) is 3.69. The van der Waals surface area contributed by atoms with E-state index in [0.29, 0.717) is 19.2 Å². The van der Waals surface area contributed by atoms with E-state index < -0.39 is 0 Å².